The second kappa shape index (κ2) is 6.28. The molecule has 6 heteroatoms. The Morgan fingerprint density at radius 3 is 2.52 bits per heavy atom. The van der Waals surface area contributed by atoms with Gasteiger partial charge in [-0.05, 0) is 48.9 Å². The van der Waals surface area contributed by atoms with Crippen LogP contribution in [0.15, 0.2) is 40.9 Å². The summed E-state index contributed by atoms with van der Waals surface area (Å²) in [7, 11) is 0. The van der Waals surface area contributed by atoms with Crippen LogP contribution in [-0.4, -0.2) is 17.0 Å². The van der Waals surface area contributed by atoms with E-state index in [-0.39, 0.29) is 17.2 Å². The van der Waals surface area contributed by atoms with Gasteiger partial charge in [-0.25, -0.2) is 4.79 Å². The van der Waals surface area contributed by atoms with Crippen LogP contribution >= 0.6 is 27.5 Å². The molecular formula is C15H11BrClNO3. The predicted molar refractivity (Wildman–Crippen MR) is 85.2 cm³/mol. The van der Waals surface area contributed by atoms with Crippen molar-refractivity contribution in [2.45, 2.75) is 6.92 Å². The van der Waals surface area contributed by atoms with Crippen LogP contribution in [0.3, 0.4) is 0 Å². The minimum atomic E-state index is -1.15. The molecule has 0 heterocycles. The number of hydrogen-bond acceptors (Lipinski definition) is 2. The molecule has 2 aromatic rings. The third kappa shape index (κ3) is 3.83. The van der Waals surface area contributed by atoms with Crippen molar-refractivity contribution in [2.24, 2.45) is 0 Å². The molecule has 0 aromatic heterocycles. The third-order valence-electron chi connectivity index (χ3n) is 2.76. The van der Waals surface area contributed by atoms with E-state index in [9.17, 15) is 9.59 Å². The SMILES string of the molecule is Cc1cc(Br)cc(C(=O)Nc2ccc(Cl)cc2C(=O)O)c1. The first kappa shape index (κ1) is 15.5. The van der Waals surface area contributed by atoms with Gasteiger partial charge in [-0.2, -0.15) is 0 Å². The van der Waals surface area contributed by atoms with Gasteiger partial charge in [-0.1, -0.05) is 27.5 Å². The molecule has 0 aliphatic heterocycles. The topological polar surface area (TPSA) is 66.4 Å². The average molecular weight is 369 g/mol. The molecule has 0 radical (unpaired) electrons. The Bertz CT molecular complexity index is 711. The molecule has 2 N–H and O–H groups in total. The summed E-state index contributed by atoms with van der Waals surface area (Å²) < 4.78 is 0.780. The minimum Gasteiger partial charge on any atom is -0.478 e. The van der Waals surface area contributed by atoms with E-state index in [2.05, 4.69) is 21.2 Å². The summed E-state index contributed by atoms with van der Waals surface area (Å²) in [5.41, 5.74) is 1.51. The highest BCUT2D eigenvalue weighted by Gasteiger charge is 2.14. The van der Waals surface area contributed by atoms with Crippen LogP contribution in [0.2, 0.25) is 5.02 Å². The summed E-state index contributed by atoms with van der Waals surface area (Å²) in [6.07, 6.45) is 0. The van der Waals surface area contributed by atoms with Gasteiger partial charge in [0.15, 0.2) is 0 Å². The molecule has 108 valence electrons. The van der Waals surface area contributed by atoms with Gasteiger partial charge in [-0.15, -0.1) is 0 Å². The molecule has 0 saturated carbocycles. The first-order valence-electron chi connectivity index (χ1n) is 5.98. The molecule has 0 spiro atoms. The maximum Gasteiger partial charge on any atom is 0.337 e. The monoisotopic (exact) mass is 367 g/mol. The number of carboxylic acids is 1. The first-order chi connectivity index (χ1) is 9.86. The summed E-state index contributed by atoms with van der Waals surface area (Å²) in [6, 6.07) is 9.55. The van der Waals surface area contributed by atoms with Gasteiger partial charge in [0.25, 0.3) is 5.91 Å². The number of halogens is 2. The Balaban J connectivity index is 2.33. The van der Waals surface area contributed by atoms with E-state index in [4.69, 9.17) is 16.7 Å². The number of carbonyl (C=O) groups is 2. The van der Waals surface area contributed by atoms with Crippen LogP contribution in [0.5, 0.6) is 0 Å². The number of aryl methyl sites for hydroxylation is 1. The molecule has 0 aliphatic carbocycles. The summed E-state index contributed by atoms with van der Waals surface area (Å²) in [4.78, 5) is 23.4. The van der Waals surface area contributed by atoms with Gasteiger partial charge in [0.05, 0.1) is 11.3 Å². The zero-order chi connectivity index (χ0) is 15.6. The van der Waals surface area contributed by atoms with Crippen LogP contribution in [0.25, 0.3) is 0 Å². The van der Waals surface area contributed by atoms with Gasteiger partial charge in [0.2, 0.25) is 0 Å². The highest BCUT2D eigenvalue weighted by Crippen LogP contribution is 2.22. The smallest absolute Gasteiger partial charge is 0.337 e. The lowest BCUT2D eigenvalue weighted by Crippen LogP contribution is -2.15. The maximum atomic E-state index is 12.2. The fourth-order valence-electron chi connectivity index (χ4n) is 1.86. The van der Waals surface area contributed by atoms with Crippen LogP contribution in [0.4, 0.5) is 5.69 Å². The molecule has 0 bridgehead atoms. The van der Waals surface area contributed by atoms with Crippen molar-refractivity contribution in [1.82, 2.24) is 0 Å². The normalized spacial score (nSPS) is 10.2. The fraction of sp³-hybridized carbons (Fsp3) is 0.0667. The molecule has 0 unspecified atom stereocenters. The summed E-state index contributed by atoms with van der Waals surface area (Å²) in [6.45, 7) is 1.87. The standard InChI is InChI=1S/C15H11BrClNO3/c1-8-4-9(6-10(16)5-8)14(19)18-13-3-2-11(17)7-12(13)15(20)21/h2-7H,1H3,(H,18,19)(H,20,21). The second-order valence-corrected chi connectivity index (χ2v) is 5.82. The Morgan fingerprint density at radius 1 is 1.19 bits per heavy atom. The van der Waals surface area contributed by atoms with E-state index >= 15 is 0 Å². The number of nitrogens with one attached hydrogen (secondary N) is 1. The largest absolute Gasteiger partial charge is 0.478 e. The van der Waals surface area contributed by atoms with Gasteiger partial charge in [-0.3, -0.25) is 4.79 Å². The van der Waals surface area contributed by atoms with E-state index in [0.717, 1.165) is 10.0 Å². The lowest BCUT2D eigenvalue weighted by molar-refractivity contribution is 0.0698. The Labute approximate surface area is 134 Å². The highest BCUT2D eigenvalue weighted by atomic mass is 79.9. The first-order valence-corrected chi connectivity index (χ1v) is 7.15. The molecule has 21 heavy (non-hydrogen) atoms. The molecule has 0 atom stereocenters. The molecule has 2 aromatic carbocycles. The van der Waals surface area contributed by atoms with Gasteiger partial charge in [0.1, 0.15) is 0 Å². The Morgan fingerprint density at radius 2 is 1.90 bits per heavy atom. The van der Waals surface area contributed by atoms with Crippen molar-refractivity contribution in [3.05, 3.63) is 62.6 Å². The Kier molecular flexibility index (Phi) is 4.65. The predicted octanol–water partition coefficient (Wildman–Crippen LogP) is 4.36. The maximum absolute atomic E-state index is 12.2. The molecular weight excluding hydrogens is 358 g/mol. The molecule has 0 saturated heterocycles. The zero-order valence-corrected chi connectivity index (χ0v) is 13.3. The van der Waals surface area contributed by atoms with E-state index in [0.29, 0.717) is 10.6 Å². The molecule has 2 rings (SSSR count). The number of aromatic carboxylic acids is 1. The van der Waals surface area contributed by atoms with Gasteiger partial charge < -0.3 is 10.4 Å². The van der Waals surface area contributed by atoms with Crippen molar-refractivity contribution in [3.8, 4) is 0 Å². The lowest BCUT2D eigenvalue weighted by atomic mass is 10.1. The number of anilines is 1. The van der Waals surface area contributed by atoms with Crippen molar-refractivity contribution < 1.29 is 14.7 Å². The zero-order valence-electron chi connectivity index (χ0n) is 11.0. The van der Waals surface area contributed by atoms with Crippen molar-refractivity contribution >= 4 is 45.1 Å². The van der Waals surface area contributed by atoms with Crippen LogP contribution < -0.4 is 5.32 Å². The van der Waals surface area contributed by atoms with E-state index < -0.39 is 5.97 Å². The summed E-state index contributed by atoms with van der Waals surface area (Å²) >= 11 is 9.10. The van der Waals surface area contributed by atoms with Crippen molar-refractivity contribution in [1.29, 1.82) is 0 Å². The van der Waals surface area contributed by atoms with Gasteiger partial charge in [0, 0.05) is 15.1 Å². The van der Waals surface area contributed by atoms with Gasteiger partial charge >= 0.3 is 5.97 Å². The fourth-order valence-corrected chi connectivity index (χ4v) is 2.64. The van der Waals surface area contributed by atoms with Crippen molar-refractivity contribution in [2.75, 3.05) is 5.32 Å². The molecule has 0 fully saturated rings. The highest BCUT2D eigenvalue weighted by molar-refractivity contribution is 9.10. The van der Waals surface area contributed by atoms with E-state index in [1.807, 2.05) is 13.0 Å². The number of amides is 1. The van der Waals surface area contributed by atoms with E-state index in [1.54, 1.807) is 12.1 Å². The van der Waals surface area contributed by atoms with E-state index in [1.165, 1.54) is 18.2 Å². The lowest BCUT2D eigenvalue weighted by Gasteiger charge is -2.09. The molecule has 1 amide bonds. The number of carboxylic acid groups (broad SMARTS) is 1. The van der Waals surface area contributed by atoms with Crippen molar-refractivity contribution in [3.63, 3.8) is 0 Å². The average Bonchev–Trinajstić information content (AvgIpc) is 2.39. The minimum absolute atomic E-state index is 0.0532. The number of rotatable bonds is 3. The quantitative estimate of drug-likeness (QED) is 0.846. The van der Waals surface area contributed by atoms with Crippen LogP contribution in [0, 0.1) is 6.92 Å². The van der Waals surface area contributed by atoms with Crippen LogP contribution in [-0.2, 0) is 0 Å². The van der Waals surface area contributed by atoms with Crippen LogP contribution in [0.1, 0.15) is 26.3 Å². The Hall–Kier alpha value is -1.85. The summed E-state index contributed by atoms with van der Waals surface area (Å²) in [5, 5.41) is 12.0. The summed E-state index contributed by atoms with van der Waals surface area (Å²) in [5.74, 6) is -1.54. The third-order valence-corrected chi connectivity index (χ3v) is 3.46. The molecule has 4 nitrogen and oxygen atoms in total. The number of carbonyl (C=O) groups excluding carboxylic acids is 1. The number of hydrogen-bond donors (Lipinski definition) is 2. The number of benzene rings is 2. The second-order valence-electron chi connectivity index (χ2n) is 4.47. The molecule has 0 aliphatic rings.